The van der Waals surface area contributed by atoms with Crippen LogP contribution in [0.15, 0.2) is 16.8 Å². The largest absolute Gasteiger partial charge is 0.334 e. The summed E-state index contributed by atoms with van der Waals surface area (Å²) in [5, 5.41) is 4.17. The molecule has 4 heteroatoms. The number of hydrogen-bond acceptors (Lipinski definition) is 3. The highest BCUT2D eigenvalue weighted by Gasteiger charge is 2.40. The van der Waals surface area contributed by atoms with E-state index in [9.17, 15) is 4.79 Å². The lowest BCUT2D eigenvalue weighted by Gasteiger charge is -2.33. The van der Waals surface area contributed by atoms with Crippen molar-refractivity contribution in [3.63, 3.8) is 0 Å². The Labute approximate surface area is 113 Å². The minimum Gasteiger partial charge on any atom is -0.334 e. The summed E-state index contributed by atoms with van der Waals surface area (Å²) in [5.74, 6) is 0.126. The Morgan fingerprint density at radius 2 is 2.17 bits per heavy atom. The molecule has 0 spiro atoms. The lowest BCUT2D eigenvalue weighted by atomic mass is 9.92. The maximum Gasteiger partial charge on any atom is 0.243 e. The number of rotatable bonds is 6. The van der Waals surface area contributed by atoms with Crippen molar-refractivity contribution < 1.29 is 4.79 Å². The van der Waals surface area contributed by atoms with Gasteiger partial charge in [-0.25, -0.2) is 0 Å². The maximum atomic E-state index is 12.6. The van der Waals surface area contributed by atoms with Crippen molar-refractivity contribution >= 4 is 17.2 Å². The predicted octanol–water partition coefficient (Wildman–Crippen LogP) is 2.76. The summed E-state index contributed by atoms with van der Waals surface area (Å²) in [6, 6.07) is 2.50. The van der Waals surface area contributed by atoms with Gasteiger partial charge in [-0.15, -0.1) is 0 Å². The lowest BCUT2D eigenvalue weighted by Crippen LogP contribution is -2.55. The van der Waals surface area contributed by atoms with Gasteiger partial charge in [-0.1, -0.05) is 13.8 Å². The van der Waals surface area contributed by atoms with Gasteiger partial charge in [0.05, 0.1) is 5.54 Å². The minimum atomic E-state index is -0.682. The summed E-state index contributed by atoms with van der Waals surface area (Å²) in [7, 11) is 0. The molecule has 1 aromatic heterocycles. The van der Waals surface area contributed by atoms with E-state index >= 15 is 0 Å². The summed E-state index contributed by atoms with van der Waals surface area (Å²) >= 11 is 1.68. The molecule has 0 aromatic carbocycles. The van der Waals surface area contributed by atoms with Crippen LogP contribution in [0.25, 0.3) is 0 Å². The molecule has 0 aliphatic heterocycles. The molecule has 18 heavy (non-hydrogen) atoms. The summed E-state index contributed by atoms with van der Waals surface area (Å²) < 4.78 is 0. The van der Waals surface area contributed by atoms with Gasteiger partial charge in [0.15, 0.2) is 0 Å². The molecule has 0 atom stereocenters. The number of amides is 1. The minimum absolute atomic E-state index is 0.126. The quantitative estimate of drug-likeness (QED) is 0.860. The zero-order valence-electron chi connectivity index (χ0n) is 11.2. The standard InChI is InChI=1S/C14H22N2OS/c1-3-14(15,4-2)13(17)16(12-5-6-12)9-11-7-8-18-10-11/h7-8,10,12H,3-6,9,15H2,1-2H3. The van der Waals surface area contributed by atoms with Gasteiger partial charge in [0.2, 0.25) is 5.91 Å². The number of hydrogen-bond donors (Lipinski definition) is 1. The normalized spacial score (nSPS) is 15.7. The van der Waals surface area contributed by atoms with Crippen LogP contribution in [0.5, 0.6) is 0 Å². The highest BCUT2D eigenvalue weighted by Crippen LogP contribution is 2.31. The van der Waals surface area contributed by atoms with E-state index in [1.54, 1.807) is 11.3 Å². The molecule has 3 nitrogen and oxygen atoms in total. The molecule has 2 N–H and O–H groups in total. The Balaban J connectivity index is 2.12. The molecule has 1 aromatic rings. The van der Waals surface area contributed by atoms with E-state index in [1.807, 2.05) is 18.7 Å². The zero-order valence-corrected chi connectivity index (χ0v) is 12.0. The van der Waals surface area contributed by atoms with Crippen molar-refractivity contribution in [3.05, 3.63) is 22.4 Å². The topological polar surface area (TPSA) is 46.3 Å². The Bertz CT molecular complexity index is 394. The molecular formula is C14H22N2OS. The molecule has 0 saturated heterocycles. The number of thiophene rings is 1. The number of nitrogens with two attached hydrogens (primary N) is 1. The van der Waals surface area contributed by atoms with Crippen LogP contribution in [0.2, 0.25) is 0 Å². The van der Waals surface area contributed by atoms with Crippen molar-refractivity contribution in [1.82, 2.24) is 4.90 Å². The number of nitrogens with zero attached hydrogens (tertiary/aromatic N) is 1. The van der Waals surface area contributed by atoms with Crippen molar-refractivity contribution in [1.29, 1.82) is 0 Å². The second-order valence-corrected chi connectivity index (χ2v) is 5.94. The maximum absolute atomic E-state index is 12.6. The first-order chi connectivity index (χ1) is 8.60. The first-order valence-corrected chi connectivity index (χ1v) is 7.66. The lowest BCUT2D eigenvalue weighted by molar-refractivity contribution is -0.138. The van der Waals surface area contributed by atoms with Gasteiger partial charge in [-0.2, -0.15) is 11.3 Å². The number of carbonyl (C=O) groups excluding carboxylic acids is 1. The molecule has 0 unspecified atom stereocenters. The van der Waals surface area contributed by atoms with Crippen LogP contribution in [0.1, 0.15) is 45.1 Å². The monoisotopic (exact) mass is 266 g/mol. The second-order valence-electron chi connectivity index (χ2n) is 5.16. The molecule has 1 amide bonds. The van der Waals surface area contributed by atoms with Crippen LogP contribution in [-0.4, -0.2) is 22.4 Å². The summed E-state index contributed by atoms with van der Waals surface area (Å²) in [6.45, 7) is 4.71. The van der Waals surface area contributed by atoms with Crippen LogP contribution in [-0.2, 0) is 11.3 Å². The third-order valence-electron chi connectivity index (χ3n) is 3.87. The van der Waals surface area contributed by atoms with E-state index in [-0.39, 0.29) is 5.91 Å². The van der Waals surface area contributed by atoms with Crippen LogP contribution < -0.4 is 5.73 Å². The predicted molar refractivity (Wildman–Crippen MR) is 75.4 cm³/mol. The highest BCUT2D eigenvalue weighted by atomic mass is 32.1. The van der Waals surface area contributed by atoms with Gasteiger partial charge in [0.25, 0.3) is 0 Å². The Hall–Kier alpha value is -0.870. The summed E-state index contributed by atoms with van der Waals surface area (Å²) in [4.78, 5) is 14.6. The molecule has 1 heterocycles. The molecule has 0 radical (unpaired) electrons. The van der Waals surface area contributed by atoms with E-state index in [2.05, 4.69) is 16.8 Å². The smallest absolute Gasteiger partial charge is 0.243 e. The average Bonchev–Trinajstić information content (AvgIpc) is 3.11. The SMILES string of the molecule is CCC(N)(CC)C(=O)N(Cc1ccsc1)C1CC1. The molecule has 1 aliphatic rings. The third-order valence-corrected chi connectivity index (χ3v) is 4.60. The van der Waals surface area contributed by atoms with E-state index in [4.69, 9.17) is 5.73 Å². The zero-order chi connectivity index (χ0) is 13.2. The van der Waals surface area contributed by atoms with Crippen LogP contribution in [0, 0.1) is 0 Å². The van der Waals surface area contributed by atoms with Crippen molar-refractivity contribution in [2.75, 3.05) is 0 Å². The first-order valence-electron chi connectivity index (χ1n) is 6.71. The Kier molecular flexibility index (Phi) is 4.07. The highest BCUT2D eigenvalue weighted by molar-refractivity contribution is 7.07. The van der Waals surface area contributed by atoms with Crippen LogP contribution in [0.4, 0.5) is 0 Å². The first kappa shape index (κ1) is 13.6. The average molecular weight is 266 g/mol. The molecule has 2 rings (SSSR count). The van der Waals surface area contributed by atoms with Gasteiger partial charge in [0.1, 0.15) is 0 Å². The van der Waals surface area contributed by atoms with E-state index in [0.29, 0.717) is 25.4 Å². The van der Waals surface area contributed by atoms with Gasteiger partial charge in [-0.05, 0) is 48.1 Å². The molecule has 1 saturated carbocycles. The molecule has 1 aliphatic carbocycles. The van der Waals surface area contributed by atoms with Crippen molar-refractivity contribution in [2.24, 2.45) is 5.73 Å². The van der Waals surface area contributed by atoms with Gasteiger partial charge in [-0.3, -0.25) is 4.79 Å². The fraction of sp³-hybridized carbons (Fsp3) is 0.643. The Morgan fingerprint density at radius 3 is 2.61 bits per heavy atom. The second kappa shape index (κ2) is 5.41. The van der Waals surface area contributed by atoms with E-state index < -0.39 is 5.54 Å². The molecule has 100 valence electrons. The molecular weight excluding hydrogens is 244 g/mol. The van der Waals surface area contributed by atoms with E-state index in [0.717, 1.165) is 12.8 Å². The van der Waals surface area contributed by atoms with Gasteiger partial charge < -0.3 is 10.6 Å². The Morgan fingerprint density at radius 1 is 1.50 bits per heavy atom. The summed E-state index contributed by atoms with van der Waals surface area (Å²) in [6.07, 6.45) is 3.66. The van der Waals surface area contributed by atoms with Crippen molar-refractivity contribution in [2.45, 2.75) is 57.7 Å². The van der Waals surface area contributed by atoms with E-state index in [1.165, 1.54) is 5.56 Å². The summed E-state index contributed by atoms with van der Waals surface area (Å²) in [5.41, 5.74) is 6.78. The van der Waals surface area contributed by atoms with Gasteiger partial charge in [0, 0.05) is 12.6 Å². The fourth-order valence-electron chi connectivity index (χ4n) is 2.17. The van der Waals surface area contributed by atoms with Crippen molar-refractivity contribution in [3.8, 4) is 0 Å². The van der Waals surface area contributed by atoms with Gasteiger partial charge >= 0.3 is 0 Å². The number of carbonyl (C=O) groups is 1. The van der Waals surface area contributed by atoms with Crippen LogP contribution >= 0.6 is 11.3 Å². The van der Waals surface area contributed by atoms with Crippen LogP contribution in [0.3, 0.4) is 0 Å². The molecule has 1 fully saturated rings. The third kappa shape index (κ3) is 2.75. The fourth-order valence-corrected chi connectivity index (χ4v) is 2.83. The molecule has 0 bridgehead atoms.